The number of thioether (sulfide) groups is 1. The highest BCUT2D eigenvalue weighted by Crippen LogP contribution is 2.53. The summed E-state index contributed by atoms with van der Waals surface area (Å²) in [6.45, 7) is 0.780. The molecule has 1 saturated heterocycles. The number of amides is 3. The van der Waals surface area contributed by atoms with Crippen LogP contribution >= 0.6 is 23.1 Å². The standard InChI is InChI=1S/C27H23N3O9S2/c1-2-38-26(36)13-7-9-14(10-8-13)28-17(31)12-39-16-6-4-3-5-15(16)19-20-22(40-23-21(19)41-27(37)29-23)25(35)30(24(20)34)11-18(32)33/h3-10,19-20,22H,2,11-12H2,1H3,(H,28,31)(H,29,37)(H,32,33)/t19-,20+,22-/m0/s1. The average Bonchev–Trinajstić information content (AvgIpc) is 3.43. The van der Waals surface area contributed by atoms with Gasteiger partial charge in [-0.25, -0.2) is 4.79 Å². The lowest BCUT2D eigenvalue weighted by atomic mass is 9.82. The normalized spacial score (nSPS) is 19.3. The number of fused-ring (bicyclic) bond motifs is 2. The summed E-state index contributed by atoms with van der Waals surface area (Å²) in [7, 11) is 0. The van der Waals surface area contributed by atoms with E-state index in [2.05, 4.69) is 10.3 Å². The predicted molar refractivity (Wildman–Crippen MR) is 147 cm³/mol. The lowest BCUT2D eigenvalue weighted by Crippen LogP contribution is -2.36. The number of aliphatic carboxylic acids is 1. The van der Waals surface area contributed by atoms with Crippen molar-refractivity contribution >= 4 is 58.4 Å². The van der Waals surface area contributed by atoms with Crippen LogP contribution in [0.1, 0.15) is 33.6 Å². The number of ether oxygens (including phenoxy) is 2. The summed E-state index contributed by atoms with van der Waals surface area (Å²) in [5.74, 6) is -5.06. The lowest BCUT2D eigenvalue weighted by Gasteiger charge is -2.30. The van der Waals surface area contributed by atoms with Crippen molar-refractivity contribution in [2.24, 2.45) is 5.92 Å². The number of carboxylic acid groups (broad SMARTS) is 1. The smallest absolute Gasteiger partial charge is 0.338 e. The Labute approximate surface area is 240 Å². The number of carboxylic acids is 1. The Morgan fingerprint density at radius 3 is 2.49 bits per heavy atom. The Morgan fingerprint density at radius 2 is 1.78 bits per heavy atom. The van der Waals surface area contributed by atoms with Gasteiger partial charge in [-0.3, -0.25) is 28.9 Å². The van der Waals surface area contributed by atoms with Crippen LogP contribution in [0, 0.1) is 5.92 Å². The number of para-hydroxylation sites is 1. The SMILES string of the molecule is CCOC(=O)c1ccc(NC(=O)COc2ccccc2[C@@H]2c3sc(=O)[nH]c3S[C@@H]3C(=O)N(CC(=O)O)C(=O)[C@H]23)cc1. The number of hydrogen-bond acceptors (Lipinski definition) is 10. The van der Waals surface area contributed by atoms with Gasteiger partial charge in [0.15, 0.2) is 6.61 Å². The molecule has 1 aromatic heterocycles. The number of rotatable bonds is 9. The fraction of sp³-hybridized carbons (Fsp3) is 0.259. The van der Waals surface area contributed by atoms with Crippen LogP contribution in [0.3, 0.4) is 0 Å². The topological polar surface area (TPSA) is 172 Å². The molecular formula is C27H23N3O9S2. The van der Waals surface area contributed by atoms with Gasteiger partial charge in [-0.1, -0.05) is 41.3 Å². The molecule has 0 saturated carbocycles. The van der Waals surface area contributed by atoms with Gasteiger partial charge in [0.2, 0.25) is 11.8 Å². The summed E-state index contributed by atoms with van der Waals surface area (Å²) in [6, 6.07) is 12.8. The third-order valence-corrected chi connectivity index (χ3v) is 8.90. The minimum Gasteiger partial charge on any atom is -0.483 e. The molecule has 0 unspecified atom stereocenters. The first-order valence-corrected chi connectivity index (χ1v) is 14.1. The molecule has 2 aromatic carbocycles. The molecule has 3 N–H and O–H groups in total. The van der Waals surface area contributed by atoms with Gasteiger partial charge in [0.25, 0.3) is 5.91 Å². The first kappa shape index (κ1) is 28.1. The third kappa shape index (κ3) is 5.60. The summed E-state index contributed by atoms with van der Waals surface area (Å²) in [4.78, 5) is 78.2. The molecule has 2 aliphatic heterocycles. The molecule has 12 nitrogen and oxygen atoms in total. The second-order valence-corrected chi connectivity index (χ2v) is 11.2. The van der Waals surface area contributed by atoms with E-state index in [1.54, 1.807) is 43.3 Å². The van der Waals surface area contributed by atoms with Gasteiger partial charge in [-0.05, 0) is 37.3 Å². The zero-order valence-corrected chi connectivity index (χ0v) is 23.1. The van der Waals surface area contributed by atoms with Crippen molar-refractivity contribution in [1.82, 2.24) is 9.88 Å². The number of hydrogen-bond donors (Lipinski definition) is 3. The molecule has 14 heteroatoms. The number of nitrogens with zero attached hydrogens (tertiary/aromatic N) is 1. The molecule has 3 aromatic rings. The Kier molecular flexibility index (Phi) is 7.94. The number of H-pyrrole nitrogens is 1. The van der Waals surface area contributed by atoms with Crippen molar-refractivity contribution in [2.75, 3.05) is 25.1 Å². The number of imide groups is 1. The van der Waals surface area contributed by atoms with Gasteiger partial charge < -0.3 is 24.9 Å². The highest BCUT2D eigenvalue weighted by atomic mass is 32.2. The van der Waals surface area contributed by atoms with E-state index in [0.29, 0.717) is 26.7 Å². The summed E-state index contributed by atoms with van der Waals surface area (Å²) in [5.41, 5.74) is 1.25. The fourth-order valence-corrected chi connectivity index (χ4v) is 7.34. The number of aromatic amines is 1. The van der Waals surface area contributed by atoms with Gasteiger partial charge in [-0.15, -0.1) is 0 Å². The molecule has 0 spiro atoms. The molecule has 3 amide bonds. The van der Waals surface area contributed by atoms with Gasteiger partial charge in [0.05, 0.1) is 23.1 Å². The van der Waals surface area contributed by atoms with Gasteiger partial charge in [-0.2, -0.15) is 0 Å². The first-order valence-electron chi connectivity index (χ1n) is 12.4. The Balaban J connectivity index is 1.38. The Bertz CT molecular complexity index is 1600. The maximum Gasteiger partial charge on any atom is 0.338 e. The van der Waals surface area contributed by atoms with Crippen molar-refractivity contribution in [3.8, 4) is 5.75 Å². The Morgan fingerprint density at radius 1 is 1.05 bits per heavy atom. The number of carbonyl (C=O) groups is 5. The largest absolute Gasteiger partial charge is 0.483 e. The molecule has 3 heterocycles. The molecule has 2 aliphatic rings. The molecule has 41 heavy (non-hydrogen) atoms. The van der Waals surface area contributed by atoms with E-state index in [1.807, 2.05) is 0 Å². The molecule has 0 aliphatic carbocycles. The molecule has 0 bridgehead atoms. The van der Waals surface area contributed by atoms with Gasteiger partial charge in [0, 0.05) is 22.0 Å². The molecule has 3 atom stereocenters. The van der Waals surface area contributed by atoms with Crippen molar-refractivity contribution in [3.05, 3.63) is 74.2 Å². The number of thiazole rings is 1. The summed E-state index contributed by atoms with van der Waals surface area (Å²) in [6.07, 6.45) is 0. The highest BCUT2D eigenvalue weighted by molar-refractivity contribution is 8.00. The maximum absolute atomic E-state index is 13.4. The van der Waals surface area contributed by atoms with E-state index in [4.69, 9.17) is 9.47 Å². The van der Waals surface area contributed by atoms with Crippen LogP contribution in [0.5, 0.6) is 5.75 Å². The van der Waals surface area contributed by atoms with Gasteiger partial charge >= 0.3 is 16.8 Å². The van der Waals surface area contributed by atoms with Crippen molar-refractivity contribution in [1.29, 1.82) is 0 Å². The minimum absolute atomic E-state index is 0.242. The first-order chi connectivity index (χ1) is 19.7. The van der Waals surface area contributed by atoms with Crippen LogP contribution in [-0.4, -0.2) is 69.7 Å². The second-order valence-electron chi connectivity index (χ2n) is 9.08. The van der Waals surface area contributed by atoms with Crippen molar-refractivity contribution in [3.63, 3.8) is 0 Å². The van der Waals surface area contributed by atoms with E-state index >= 15 is 0 Å². The van der Waals surface area contributed by atoms with E-state index in [1.165, 1.54) is 12.1 Å². The number of aromatic nitrogens is 1. The number of carbonyl (C=O) groups excluding carboxylic acids is 4. The van der Waals surface area contributed by atoms with Crippen molar-refractivity contribution < 1.29 is 38.6 Å². The highest BCUT2D eigenvalue weighted by Gasteiger charge is 2.56. The molecule has 212 valence electrons. The summed E-state index contributed by atoms with van der Waals surface area (Å²) in [5, 5.41) is 11.4. The van der Waals surface area contributed by atoms with E-state index in [0.717, 1.165) is 28.0 Å². The zero-order chi connectivity index (χ0) is 29.3. The minimum atomic E-state index is -1.32. The number of esters is 1. The molecular weight excluding hydrogens is 574 g/mol. The fourth-order valence-electron chi connectivity index (χ4n) is 4.81. The number of anilines is 1. The van der Waals surface area contributed by atoms with E-state index in [-0.39, 0.29) is 17.2 Å². The zero-order valence-electron chi connectivity index (χ0n) is 21.4. The maximum atomic E-state index is 13.4. The van der Waals surface area contributed by atoms with Crippen molar-refractivity contribution in [2.45, 2.75) is 23.1 Å². The average molecular weight is 598 g/mol. The summed E-state index contributed by atoms with van der Waals surface area (Å²) >= 11 is 1.94. The van der Waals surface area contributed by atoms with Gasteiger partial charge in [0.1, 0.15) is 17.5 Å². The summed E-state index contributed by atoms with van der Waals surface area (Å²) < 4.78 is 10.8. The number of nitrogens with one attached hydrogen (secondary N) is 2. The van der Waals surface area contributed by atoms with Crippen LogP contribution in [0.15, 0.2) is 58.4 Å². The van der Waals surface area contributed by atoms with E-state index in [9.17, 15) is 33.9 Å². The van der Waals surface area contributed by atoms with Crippen LogP contribution in [-0.2, 0) is 23.9 Å². The van der Waals surface area contributed by atoms with E-state index < -0.39 is 59.9 Å². The second kappa shape index (κ2) is 11.6. The van der Waals surface area contributed by atoms with Crippen LogP contribution in [0.2, 0.25) is 0 Å². The third-order valence-electron chi connectivity index (χ3n) is 6.50. The lowest BCUT2D eigenvalue weighted by molar-refractivity contribution is -0.149. The van der Waals surface area contributed by atoms with Crippen LogP contribution in [0.4, 0.5) is 5.69 Å². The quantitative estimate of drug-likeness (QED) is 0.245. The molecule has 1 fully saturated rings. The number of benzene rings is 2. The predicted octanol–water partition coefficient (Wildman–Crippen LogP) is 2.31. The van der Waals surface area contributed by atoms with Crippen LogP contribution in [0.25, 0.3) is 0 Å². The van der Waals surface area contributed by atoms with Crippen LogP contribution < -0.4 is 14.9 Å². The molecule has 5 rings (SSSR count). The molecule has 0 radical (unpaired) electrons. The Hall–Kier alpha value is -4.43. The monoisotopic (exact) mass is 597 g/mol. The number of likely N-dealkylation sites (tertiary alicyclic amines) is 1.